The van der Waals surface area contributed by atoms with E-state index in [1.54, 1.807) is 19.5 Å². The smallest absolute Gasteiger partial charge is 0.155 e. The Morgan fingerprint density at radius 2 is 1.75 bits per heavy atom. The summed E-state index contributed by atoms with van der Waals surface area (Å²) in [4.78, 5) is 8.44. The summed E-state index contributed by atoms with van der Waals surface area (Å²) in [6.07, 6.45) is 4.10. The number of hydrogen-bond acceptors (Lipinski definition) is 3. The summed E-state index contributed by atoms with van der Waals surface area (Å²) in [5.41, 5.74) is 1.19. The molecule has 2 aromatic rings. The molecule has 0 radical (unpaired) electrons. The Hall–Kier alpha value is -1.42. The van der Waals surface area contributed by atoms with Crippen LogP contribution < -0.4 is 4.74 Å². The maximum atomic E-state index is 5.00. The minimum Gasteiger partial charge on any atom is -0.494 e. The van der Waals surface area contributed by atoms with Gasteiger partial charge in [0.15, 0.2) is 5.75 Å². The van der Waals surface area contributed by atoms with Crippen molar-refractivity contribution in [3.63, 3.8) is 0 Å². The highest BCUT2D eigenvalue weighted by Crippen LogP contribution is 2.13. The predicted molar refractivity (Wildman–Crippen MR) is 65.5 cm³/mol. The summed E-state index contributed by atoms with van der Waals surface area (Å²) in [7, 11) is 1.60. The lowest BCUT2D eigenvalue weighted by molar-refractivity contribution is 0.410. The Bertz CT molecular complexity index is 453. The molecule has 0 fully saturated rings. The number of nitrogens with zero attached hydrogens (tertiary/aromatic N) is 2. The van der Waals surface area contributed by atoms with Crippen LogP contribution in [0.3, 0.4) is 0 Å². The van der Waals surface area contributed by atoms with Gasteiger partial charge in [-0.1, -0.05) is 28.1 Å². The molecule has 82 valence electrons. The maximum Gasteiger partial charge on any atom is 0.155 e. The van der Waals surface area contributed by atoms with Crippen LogP contribution in [0, 0.1) is 0 Å². The molecular weight excluding hydrogens is 268 g/mol. The standard InChI is InChI=1S/C12H11BrN2O/c1-16-11-7-14-12(15-8-11)6-9-2-4-10(13)5-3-9/h2-5,7-8H,6H2,1H3. The molecule has 0 amide bonds. The van der Waals surface area contributed by atoms with Crippen molar-refractivity contribution in [1.82, 2.24) is 9.97 Å². The molecule has 1 heterocycles. The second-order valence-corrected chi connectivity index (χ2v) is 4.26. The number of rotatable bonds is 3. The maximum absolute atomic E-state index is 5.00. The van der Waals surface area contributed by atoms with Gasteiger partial charge in [0.2, 0.25) is 0 Å². The third-order valence-corrected chi connectivity index (χ3v) is 2.72. The first-order chi connectivity index (χ1) is 7.78. The van der Waals surface area contributed by atoms with E-state index in [0.29, 0.717) is 5.75 Å². The van der Waals surface area contributed by atoms with E-state index in [1.165, 1.54) is 5.56 Å². The van der Waals surface area contributed by atoms with Gasteiger partial charge in [0.1, 0.15) is 5.82 Å². The van der Waals surface area contributed by atoms with Gasteiger partial charge in [-0.3, -0.25) is 0 Å². The lowest BCUT2D eigenvalue weighted by Crippen LogP contribution is -1.96. The average Bonchev–Trinajstić information content (AvgIpc) is 2.33. The van der Waals surface area contributed by atoms with Gasteiger partial charge in [0, 0.05) is 10.9 Å². The number of methoxy groups -OCH3 is 1. The van der Waals surface area contributed by atoms with Crippen molar-refractivity contribution in [1.29, 1.82) is 0 Å². The molecule has 1 aromatic heterocycles. The quantitative estimate of drug-likeness (QED) is 0.866. The molecule has 3 nitrogen and oxygen atoms in total. The largest absolute Gasteiger partial charge is 0.494 e. The molecule has 0 N–H and O–H groups in total. The van der Waals surface area contributed by atoms with Crippen LogP contribution in [0.2, 0.25) is 0 Å². The fraction of sp³-hybridized carbons (Fsp3) is 0.167. The van der Waals surface area contributed by atoms with Crippen molar-refractivity contribution in [3.05, 3.63) is 52.5 Å². The monoisotopic (exact) mass is 278 g/mol. The van der Waals surface area contributed by atoms with Gasteiger partial charge in [-0.25, -0.2) is 9.97 Å². The van der Waals surface area contributed by atoms with Gasteiger partial charge in [0.05, 0.1) is 19.5 Å². The molecule has 1 aromatic carbocycles. The summed E-state index contributed by atoms with van der Waals surface area (Å²) in [5.74, 6) is 1.47. The molecule has 0 aliphatic carbocycles. The van der Waals surface area contributed by atoms with E-state index in [9.17, 15) is 0 Å². The van der Waals surface area contributed by atoms with Crippen molar-refractivity contribution in [2.24, 2.45) is 0 Å². The summed E-state index contributed by atoms with van der Waals surface area (Å²) in [5, 5.41) is 0. The van der Waals surface area contributed by atoms with Crippen LogP contribution in [-0.2, 0) is 6.42 Å². The molecule has 16 heavy (non-hydrogen) atoms. The van der Waals surface area contributed by atoms with Gasteiger partial charge in [-0.15, -0.1) is 0 Å². The number of aromatic nitrogens is 2. The fourth-order valence-electron chi connectivity index (χ4n) is 1.32. The second-order valence-electron chi connectivity index (χ2n) is 3.34. The zero-order valence-corrected chi connectivity index (χ0v) is 10.4. The van der Waals surface area contributed by atoms with E-state index in [1.807, 2.05) is 12.1 Å². The van der Waals surface area contributed by atoms with Gasteiger partial charge in [-0.2, -0.15) is 0 Å². The predicted octanol–water partition coefficient (Wildman–Crippen LogP) is 2.84. The van der Waals surface area contributed by atoms with E-state index in [2.05, 4.69) is 38.0 Å². The first-order valence-electron chi connectivity index (χ1n) is 4.87. The van der Waals surface area contributed by atoms with Crippen LogP contribution in [0.4, 0.5) is 0 Å². The van der Waals surface area contributed by atoms with Crippen molar-refractivity contribution >= 4 is 15.9 Å². The van der Waals surface area contributed by atoms with E-state index in [0.717, 1.165) is 16.7 Å². The Balaban J connectivity index is 2.11. The van der Waals surface area contributed by atoms with Crippen molar-refractivity contribution in [2.45, 2.75) is 6.42 Å². The lowest BCUT2D eigenvalue weighted by atomic mass is 10.1. The van der Waals surface area contributed by atoms with E-state index >= 15 is 0 Å². The normalized spacial score (nSPS) is 10.1. The minimum atomic E-state index is 0.680. The zero-order valence-electron chi connectivity index (χ0n) is 8.85. The molecule has 2 rings (SSSR count). The molecule has 0 atom stereocenters. The number of benzene rings is 1. The molecule has 0 bridgehead atoms. The summed E-state index contributed by atoms with van der Waals surface area (Å²) in [6.45, 7) is 0. The average molecular weight is 279 g/mol. The Kier molecular flexibility index (Phi) is 3.51. The van der Waals surface area contributed by atoms with Crippen molar-refractivity contribution in [2.75, 3.05) is 7.11 Å². The van der Waals surface area contributed by atoms with Crippen LogP contribution in [0.5, 0.6) is 5.75 Å². The highest BCUT2D eigenvalue weighted by Gasteiger charge is 2.00. The van der Waals surface area contributed by atoms with Gasteiger partial charge < -0.3 is 4.74 Å². The van der Waals surface area contributed by atoms with Crippen molar-refractivity contribution < 1.29 is 4.74 Å². The number of ether oxygens (including phenoxy) is 1. The van der Waals surface area contributed by atoms with E-state index < -0.39 is 0 Å². The van der Waals surface area contributed by atoms with Crippen LogP contribution in [0.1, 0.15) is 11.4 Å². The molecule has 0 spiro atoms. The molecule has 0 aliphatic heterocycles. The number of halogens is 1. The van der Waals surface area contributed by atoms with Crippen LogP contribution >= 0.6 is 15.9 Å². The lowest BCUT2D eigenvalue weighted by Gasteiger charge is -2.02. The third kappa shape index (κ3) is 2.79. The SMILES string of the molecule is COc1cnc(Cc2ccc(Br)cc2)nc1. The van der Waals surface area contributed by atoms with E-state index in [4.69, 9.17) is 4.74 Å². The molecular formula is C12H11BrN2O. The Morgan fingerprint density at radius 1 is 1.12 bits per heavy atom. The third-order valence-electron chi connectivity index (χ3n) is 2.19. The molecule has 0 aliphatic rings. The van der Waals surface area contributed by atoms with E-state index in [-0.39, 0.29) is 0 Å². The zero-order chi connectivity index (χ0) is 11.4. The van der Waals surface area contributed by atoms with Crippen molar-refractivity contribution in [3.8, 4) is 5.75 Å². The van der Waals surface area contributed by atoms with Gasteiger partial charge in [0.25, 0.3) is 0 Å². The Labute approximate surface area is 103 Å². The first kappa shape index (κ1) is 11.1. The minimum absolute atomic E-state index is 0.680. The summed E-state index contributed by atoms with van der Waals surface area (Å²) < 4.78 is 6.08. The highest BCUT2D eigenvalue weighted by molar-refractivity contribution is 9.10. The molecule has 0 saturated carbocycles. The summed E-state index contributed by atoms with van der Waals surface area (Å²) >= 11 is 3.40. The Morgan fingerprint density at radius 3 is 2.31 bits per heavy atom. The second kappa shape index (κ2) is 5.07. The summed E-state index contributed by atoms with van der Waals surface area (Å²) in [6, 6.07) is 8.13. The van der Waals surface area contributed by atoms with Crippen LogP contribution in [0.15, 0.2) is 41.1 Å². The fourth-order valence-corrected chi connectivity index (χ4v) is 1.59. The van der Waals surface area contributed by atoms with Gasteiger partial charge in [-0.05, 0) is 17.7 Å². The van der Waals surface area contributed by atoms with Crippen LogP contribution in [-0.4, -0.2) is 17.1 Å². The van der Waals surface area contributed by atoms with Crippen LogP contribution in [0.25, 0.3) is 0 Å². The topological polar surface area (TPSA) is 35.0 Å². The first-order valence-corrected chi connectivity index (χ1v) is 5.66. The van der Waals surface area contributed by atoms with Gasteiger partial charge >= 0.3 is 0 Å². The molecule has 0 saturated heterocycles. The highest BCUT2D eigenvalue weighted by atomic mass is 79.9. The number of hydrogen-bond donors (Lipinski definition) is 0. The molecule has 0 unspecified atom stereocenters. The molecule has 4 heteroatoms.